The molecule has 3 heterocycles. The van der Waals surface area contributed by atoms with Gasteiger partial charge in [-0.25, -0.2) is 0 Å². The van der Waals surface area contributed by atoms with Crippen molar-refractivity contribution in [2.24, 2.45) is 0 Å². The Hall–Kier alpha value is -1.33. The largest absolute Gasteiger partial charge is 0.355 e. The van der Waals surface area contributed by atoms with Crippen LogP contribution in [-0.2, 0) is 0 Å². The molecule has 0 aliphatic carbocycles. The van der Waals surface area contributed by atoms with Gasteiger partial charge < -0.3 is 9.42 Å². The van der Waals surface area contributed by atoms with Crippen LogP contribution >= 0.6 is 22.9 Å². The van der Waals surface area contributed by atoms with E-state index < -0.39 is 0 Å². The van der Waals surface area contributed by atoms with Gasteiger partial charge in [-0.3, -0.25) is 4.79 Å². The molecule has 1 fully saturated rings. The summed E-state index contributed by atoms with van der Waals surface area (Å²) in [4.78, 5) is 14.5. The van der Waals surface area contributed by atoms with Gasteiger partial charge in [0.25, 0.3) is 5.91 Å². The summed E-state index contributed by atoms with van der Waals surface area (Å²) in [5, 5.41) is 3.80. The predicted octanol–water partition coefficient (Wildman–Crippen LogP) is 2.90. The summed E-state index contributed by atoms with van der Waals surface area (Å²) in [6, 6.07) is 5.31. The Bertz CT molecular complexity index is 559. The molecule has 2 aromatic heterocycles. The fourth-order valence-corrected chi connectivity index (χ4v) is 2.61. The molecule has 0 unspecified atom stereocenters. The summed E-state index contributed by atoms with van der Waals surface area (Å²) in [6.07, 6.45) is 1.07. The molecule has 1 aliphatic rings. The summed E-state index contributed by atoms with van der Waals surface area (Å²) in [7, 11) is 0. The van der Waals surface area contributed by atoms with Gasteiger partial charge in [0, 0.05) is 19.2 Å². The van der Waals surface area contributed by atoms with Crippen LogP contribution in [0.25, 0.3) is 10.6 Å². The van der Waals surface area contributed by atoms with Crippen LogP contribution in [0.1, 0.15) is 16.9 Å². The number of likely N-dealkylation sites (tertiary alicyclic amines) is 1. The molecule has 0 saturated carbocycles. The number of thiophene rings is 1. The van der Waals surface area contributed by atoms with E-state index in [0.29, 0.717) is 15.8 Å². The van der Waals surface area contributed by atoms with Gasteiger partial charge in [-0.1, -0.05) is 16.8 Å². The number of amides is 1. The monoisotopic (exact) mass is 268 g/mol. The molecule has 4 nitrogen and oxygen atoms in total. The van der Waals surface area contributed by atoms with Crippen LogP contribution in [-0.4, -0.2) is 29.1 Å². The van der Waals surface area contributed by atoms with E-state index in [0.717, 1.165) is 24.4 Å². The molecule has 0 aromatic carbocycles. The maximum atomic E-state index is 11.9. The van der Waals surface area contributed by atoms with Crippen molar-refractivity contribution in [1.82, 2.24) is 10.1 Å². The molecule has 0 spiro atoms. The smallest absolute Gasteiger partial charge is 0.276 e. The fraction of sp³-hybridized carbons (Fsp3) is 0.273. The van der Waals surface area contributed by atoms with Crippen molar-refractivity contribution in [2.45, 2.75) is 6.42 Å². The normalized spacial score (nSPS) is 14.8. The van der Waals surface area contributed by atoms with Gasteiger partial charge in [-0.05, 0) is 18.6 Å². The second-order valence-electron chi connectivity index (χ2n) is 3.83. The third-order valence-electron chi connectivity index (χ3n) is 2.69. The lowest BCUT2D eigenvalue weighted by Crippen LogP contribution is -2.42. The molecule has 1 saturated heterocycles. The second kappa shape index (κ2) is 4.16. The maximum absolute atomic E-state index is 11.9. The van der Waals surface area contributed by atoms with Gasteiger partial charge in [0.15, 0.2) is 11.5 Å². The SMILES string of the molecule is O=C(c1cc(-c2ccc(Cl)s2)on1)N1CCC1. The van der Waals surface area contributed by atoms with Crippen molar-refractivity contribution in [3.63, 3.8) is 0 Å². The van der Waals surface area contributed by atoms with Crippen molar-refractivity contribution in [2.75, 3.05) is 13.1 Å². The maximum Gasteiger partial charge on any atom is 0.276 e. The molecule has 6 heteroatoms. The summed E-state index contributed by atoms with van der Waals surface area (Å²) >= 11 is 7.24. The number of carbonyl (C=O) groups excluding carboxylic acids is 1. The molecule has 1 aliphatic heterocycles. The summed E-state index contributed by atoms with van der Waals surface area (Å²) < 4.78 is 5.85. The van der Waals surface area contributed by atoms with Crippen molar-refractivity contribution in [3.05, 3.63) is 28.2 Å². The van der Waals surface area contributed by atoms with E-state index >= 15 is 0 Å². The third-order valence-corrected chi connectivity index (χ3v) is 3.93. The first-order valence-corrected chi connectivity index (χ1v) is 6.45. The zero-order valence-electron chi connectivity index (χ0n) is 8.85. The van der Waals surface area contributed by atoms with Gasteiger partial charge in [0.05, 0.1) is 9.21 Å². The molecule has 0 N–H and O–H groups in total. The molecule has 1 amide bonds. The van der Waals surface area contributed by atoms with Crippen molar-refractivity contribution in [1.29, 1.82) is 0 Å². The summed E-state index contributed by atoms with van der Waals surface area (Å²) in [5.41, 5.74) is 0.365. The highest BCUT2D eigenvalue weighted by molar-refractivity contribution is 7.19. The lowest BCUT2D eigenvalue weighted by Gasteiger charge is -2.29. The van der Waals surface area contributed by atoms with Crippen molar-refractivity contribution >= 4 is 28.8 Å². The number of halogens is 1. The van der Waals surface area contributed by atoms with Gasteiger partial charge in [-0.2, -0.15) is 0 Å². The summed E-state index contributed by atoms with van der Waals surface area (Å²) in [6.45, 7) is 1.62. The Balaban J connectivity index is 1.84. The van der Waals surface area contributed by atoms with E-state index in [9.17, 15) is 4.79 Å². The van der Waals surface area contributed by atoms with Gasteiger partial charge >= 0.3 is 0 Å². The number of nitrogens with zero attached hydrogens (tertiary/aromatic N) is 2. The second-order valence-corrected chi connectivity index (χ2v) is 5.54. The van der Waals surface area contributed by atoms with Crippen LogP contribution in [0.4, 0.5) is 0 Å². The molecule has 17 heavy (non-hydrogen) atoms. The third kappa shape index (κ3) is 1.96. The van der Waals surface area contributed by atoms with E-state index in [4.69, 9.17) is 16.1 Å². The van der Waals surface area contributed by atoms with E-state index in [1.807, 2.05) is 6.07 Å². The van der Waals surface area contributed by atoms with Gasteiger partial charge in [0.1, 0.15) is 0 Å². The van der Waals surface area contributed by atoms with Crippen LogP contribution < -0.4 is 0 Å². The van der Waals surface area contributed by atoms with E-state index in [2.05, 4.69) is 5.16 Å². The molecule has 0 bridgehead atoms. The minimum absolute atomic E-state index is 0.0612. The Labute approximate surface area is 107 Å². The Morgan fingerprint density at radius 2 is 2.29 bits per heavy atom. The Morgan fingerprint density at radius 1 is 1.47 bits per heavy atom. The molecular formula is C11H9ClN2O2S. The molecule has 2 aromatic rings. The minimum Gasteiger partial charge on any atom is -0.355 e. The molecule has 88 valence electrons. The molecule has 0 radical (unpaired) electrons. The van der Waals surface area contributed by atoms with Crippen LogP contribution in [0.3, 0.4) is 0 Å². The predicted molar refractivity (Wildman–Crippen MR) is 65.3 cm³/mol. The quantitative estimate of drug-likeness (QED) is 0.841. The number of carbonyl (C=O) groups is 1. The number of aromatic nitrogens is 1. The lowest BCUT2D eigenvalue weighted by molar-refractivity contribution is 0.0641. The molecule has 0 atom stereocenters. The number of rotatable bonds is 2. The average molecular weight is 269 g/mol. The van der Waals surface area contributed by atoms with E-state index in [-0.39, 0.29) is 5.91 Å². The first kappa shape index (κ1) is 10.8. The van der Waals surface area contributed by atoms with Crippen LogP contribution in [0.2, 0.25) is 4.34 Å². The standard InChI is InChI=1S/C11H9ClN2O2S/c12-10-3-2-9(17-10)8-6-7(13-16-8)11(15)14-4-1-5-14/h2-3,6H,1,4-5H2. The molecule has 3 rings (SSSR count). The zero-order chi connectivity index (χ0) is 11.8. The highest BCUT2D eigenvalue weighted by Gasteiger charge is 2.24. The molecular weight excluding hydrogens is 260 g/mol. The Morgan fingerprint density at radius 3 is 2.88 bits per heavy atom. The highest BCUT2D eigenvalue weighted by atomic mass is 35.5. The topological polar surface area (TPSA) is 46.3 Å². The number of hydrogen-bond acceptors (Lipinski definition) is 4. The first-order chi connectivity index (χ1) is 8.24. The first-order valence-electron chi connectivity index (χ1n) is 5.26. The van der Waals surface area contributed by atoms with Gasteiger partial charge in [-0.15, -0.1) is 11.3 Å². The van der Waals surface area contributed by atoms with E-state index in [1.54, 1.807) is 17.0 Å². The van der Waals surface area contributed by atoms with Gasteiger partial charge in [0.2, 0.25) is 0 Å². The number of hydrogen-bond donors (Lipinski definition) is 0. The van der Waals surface area contributed by atoms with Crippen LogP contribution in [0.5, 0.6) is 0 Å². The lowest BCUT2D eigenvalue weighted by atomic mass is 10.2. The zero-order valence-corrected chi connectivity index (χ0v) is 10.4. The minimum atomic E-state index is -0.0612. The fourth-order valence-electron chi connectivity index (χ4n) is 1.62. The summed E-state index contributed by atoms with van der Waals surface area (Å²) in [5.74, 6) is 0.527. The van der Waals surface area contributed by atoms with Crippen LogP contribution in [0, 0.1) is 0 Å². The van der Waals surface area contributed by atoms with Crippen molar-refractivity contribution < 1.29 is 9.32 Å². The highest BCUT2D eigenvalue weighted by Crippen LogP contribution is 2.31. The Kier molecular flexibility index (Phi) is 2.64. The van der Waals surface area contributed by atoms with Crippen LogP contribution in [0.15, 0.2) is 22.7 Å². The average Bonchev–Trinajstić information content (AvgIpc) is 2.82. The van der Waals surface area contributed by atoms with Crippen molar-refractivity contribution in [3.8, 4) is 10.6 Å². The van der Waals surface area contributed by atoms with E-state index in [1.165, 1.54) is 11.3 Å².